The molecule has 3 N–H and O–H groups in total. The third-order valence-corrected chi connectivity index (χ3v) is 5.87. The highest BCUT2D eigenvalue weighted by Gasteiger charge is 2.20. The van der Waals surface area contributed by atoms with Gasteiger partial charge in [-0.3, -0.25) is 20.9 Å². The van der Waals surface area contributed by atoms with E-state index in [1.54, 1.807) is 29.4 Å². The number of hydrogen-bond donors (Lipinski definition) is 2. The number of nitrogens with one attached hydrogen (secondary N) is 1. The Morgan fingerprint density at radius 2 is 1.85 bits per heavy atom. The molecule has 33 heavy (non-hydrogen) atoms. The van der Waals surface area contributed by atoms with E-state index in [2.05, 4.69) is 9.88 Å². The summed E-state index contributed by atoms with van der Waals surface area (Å²) < 4.78 is 0. The summed E-state index contributed by atoms with van der Waals surface area (Å²) in [4.78, 5) is 18.0. The van der Waals surface area contributed by atoms with E-state index in [0.29, 0.717) is 29.1 Å². The Morgan fingerprint density at radius 3 is 2.58 bits per heavy atom. The van der Waals surface area contributed by atoms with Crippen LogP contribution in [0, 0.1) is 15.5 Å². The Balaban J connectivity index is 1.57. The fraction of sp³-hybridized carbons (Fsp3) is 0.280. The van der Waals surface area contributed by atoms with Gasteiger partial charge in [0.1, 0.15) is 0 Å². The van der Waals surface area contributed by atoms with E-state index in [0.717, 1.165) is 37.2 Å². The minimum absolute atomic E-state index is 0.0106. The summed E-state index contributed by atoms with van der Waals surface area (Å²) in [6, 6.07) is 18.5. The quantitative estimate of drug-likeness (QED) is 0.231. The second kappa shape index (κ2) is 10.3. The van der Waals surface area contributed by atoms with Gasteiger partial charge in [0, 0.05) is 43.1 Å². The molecule has 170 valence electrons. The third-order valence-electron chi connectivity index (χ3n) is 5.87. The number of anilines is 1. The number of aromatic nitrogens is 1. The average Bonchev–Trinajstić information content (AvgIpc) is 2.84. The Labute approximate surface area is 193 Å². The van der Waals surface area contributed by atoms with Crippen LogP contribution < -0.4 is 10.7 Å². The second-order valence-corrected chi connectivity index (χ2v) is 8.31. The number of nitro groups is 1. The SMILES string of the molecule is N=C(CN(N)Cc1ccccc1)c1ccnc(-c2cc(N3CCCCC3)ccc2[N+](=O)[O-])c1. The molecule has 3 aromatic rings. The first kappa shape index (κ1) is 22.6. The number of nitrogens with zero attached hydrogens (tertiary/aromatic N) is 4. The Hall–Kier alpha value is -3.62. The van der Waals surface area contributed by atoms with Crippen molar-refractivity contribution in [2.24, 2.45) is 5.84 Å². The Bertz CT molecular complexity index is 1130. The zero-order chi connectivity index (χ0) is 23.2. The number of hydrogen-bond acceptors (Lipinski definition) is 7. The zero-order valence-electron chi connectivity index (χ0n) is 18.5. The monoisotopic (exact) mass is 444 g/mol. The van der Waals surface area contributed by atoms with E-state index in [1.165, 1.54) is 6.42 Å². The molecule has 0 saturated carbocycles. The number of piperidine rings is 1. The van der Waals surface area contributed by atoms with Gasteiger partial charge in [-0.25, -0.2) is 5.01 Å². The zero-order valence-corrected chi connectivity index (χ0v) is 18.5. The molecule has 0 atom stereocenters. The lowest BCUT2D eigenvalue weighted by Gasteiger charge is -2.29. The van der Waals surface area contributed by atoms with Crippen molar-refractivity contribution in [3.8, 4) is 11.3 Å². The first-order valence-corrected chi connectivity index (χ1v) is 11.1. The predicted octanol–water partition coefficient (Wildman–Crippen LogP) is 4.39. The molecule has 1 aromatic heterocycles. The molecule has 4 rings (SSSR count). The molecule has 0 bridgehead atoms. The average molecular weight is 445 g/mol. The van der Waals surface area contributed by atoms with Gasteiger partial charge in [0.15, 0.2) is 0 Å². The van der Waals surface area contributed by atoms with Crippen LogP contribution in [0.3, 0.4) is 0 Å². The van der Waals surface area contributed by atoms with Crippen LogP contribution in [-0.4, -0.2) is 40.3 Å². The summed E-state index contributed by atoms with van der Waals surface area (Å²) in [6.07, 6.45) is 5.05. The summed E-state index contributed by atoms with van der Waals surface area (Å²) >= 11 is 0. The van der Waals surface area contributed by atoms with Crippen molar-refractivity contribution in [2.75, 3.05) is 24.5 Å². The van der Waals surface area contributed by atoms with Crippen LogP contribution in [0.1, 0.15) is 30.4 Å². The van der Waals surface area contributed by atoms with Gasteiger partial charge < -0.3 is 10.3 Å². The molecule has 0 unspecified atom stereocenters. The van der Waals surface area contributed by atoms with Gasteiger partial charge in [0.2, 0.25) is 0 Å². The molecule has 8 nitrogen and oxygen atoms in total. The van der Waals surface area contributed by atoms with Crippen molar-refractivity contribution in [3.63, 3.8) is 0 Å². The van der Waals surface area contributed by atoms with Gasteiger partial charge in [-0.1, -0.05) is 30.3 Å². The van der Waals surface area contributed by atoms with Crippen LogP contribution >= 0.6 is 0 Å². The van der Waals surface area contributed by atoms with Gasteiger partial charge in [-0.05, 0) is 49.1 Å². The molecule has 0 aliphatic carbocycles. The van der Waals surface area contributed by atoms with Gasteiger partial charge >= 0.3 is 0 Å². The van der Waals surface area contributed by atoms with Crippen LogP contribution in [0.2, 0.25) is 0 Å². The van der Waals surface area contributed by atoms with Crippen LogP contribution in [0.15, 0.2) is 66.9 Å². The lowest BCUT2D eigenvalue weighted by Crippen LogP contribution is -2.35. The van der Waals surface area contributed by atoms with Crippen LogP contribution in [0.25, 0.3) is 11.3 Å². The van der Waals surface area contributed by atoms with E-state index in [9.17, 15) is 10.1 Å². The maximum absolute atomic E-state index is 11.7. The highest BCUT2D eigenvalue weighted by atomic mass is 16.6. The normalized spacial score (nSPS) is 13.8. The summed E-state index contributed by atoms with van der Waals surface area (Å²) in [7, 11) is 0. The van der Waals surface area contributed by atoms with Crippen molar-refractivity contribution in [2.45, 2.75) is 25.8 Å². The lowest BCUT2D eigenvalue weighted by atomic mass is 10.0. The standard InChI is InChI=1S/C25H28N6O2/c26-23(18-30(27)17-19-7-3-1-4-8-19)20-11-12-28-24(15-20)22-16-21(9-10-25(22)31(32)33)29-13-5-2-6-14-29/h1,3-4,7-12,15-16,26H,2,5-6,13-14,17-18,27H2. The first-order chi connectivity index (χ1) is 16.0. The highest BCUT2D eigenvalue weighted by Crippen LogP contribution is 2.34. The Kier molecular flexibility index (Phi) is 7.07. The predicted molar refractivity (Wildman–Crippen MR) is 130 cm³/mol. The van der Waals surface area contributed by atoms with Gasteiger partial charge in [-0.2, -0.15) is 0 Å². The largest absolute Gasteiger partial charge is 0.372 e. The summed E-state index contributed by atoms with van der Waals surface area (Å²) in [5.41, 5.74) is 3.95. The minimum Gasteiger partial charge on any atom is -0.372 e. The van der Waals surface area contributed by atoms with Crippen LogP contribution in [0.5, 0.6) is 0 Å². The van der Waals surface area contributed by atoms with E-state index in [1.807, 2.05) is 42.5 Å². The number of nitro benzene ring substituents is 1. The van der Waals surface area contributed by atoms with E-state index < -0.39 is 0 Å². The highest BCUT2D eigenvalue weighted by molar-refractivity contribution is 6.00. The summed E-state index contributed by atoms with van der Waals surface area (Å²) in [6.45, 7) is 2.66. The molecule has 1 saturated heterocycles. The number of benzene rings is 2. The van der Waals surface area contributed by atoms with E-state index in [-0.39, 0.29) is 17.2 Å². The van der Waals surface area contributed by atoms with Gasteiger partial charge in [-0.15, -0.1) is 0 Å². The van der Waals surface area contributed by atoms with Crippen molar-refractivity contribution in [1.29, 1.82) is 5.41 Å². The first-order valence-electron chi connectivity index (χ1n) is 11.1. The molecule has 0 radical (unpaired) electrons. The van der Waals surface area contributed by atoms with Crippen molar-refractivity contribution in [1.82, 2.24) is 9.99 Å². The minimum atomic E-state index is -0.379. The molecule has 2 heterocycles. The fourth-order valence-corrected chi connectivity index (χ4v) is 4.17. The molecular weight excluding hydrogens is 416 g/mol. The van der Waals surface area contributed by atoms with Crippen molar-refractivity contribution in [3.05, 3.63) is 88.1 Å². The summed E-state index contributed by atoms with van der Waals surface area (Å²) in [5.74, 6) is 6.14. The molecule has 0 amide bonds. The van der Waals surface area contributed by atoms with Gasteiger partial charge in [0.05, 0.1) is 28.4 Å². The topological polar surface area (TPSA) is 112 Å². The van der Waals surface area contributed by atoms with Crippen molar-refractivity contribution >= 4 is 17.1 Å². The molecule has 1 aliphatic rings. The maximum atomic E-state index is 11.7. The van der Waals surface area contributed by atoms with Crippen LogP contribution in [-0.2, 0) is 6.54 Å². The number of rotatable bonds is 8. The van der Waals surface area contributed by atoms with E-state index >= 15 is 0 Å². The molecule has 1 aliphatic heterocycles. The Morgan fingerprint density at radius 1 is 1.09 bits per heavy atom. The molecule has 0 spiro atoms. The number of nitrogens with two attached hydrogens (primary N) is 1. The smallest absolute Gasteiger partial charge is 0.278 e. The number of pyridine rings is 1. The van der Waals surface area contributed by atoms with E-state index in [4.69, 9.17) is 11.3 Å². The number of hydrazine groups is 1. The molecular formula is C25H28N6O2. The summed E-state index contributed by atoms with van der Waals surface area (Å²) in [5, 5.41) is 21.8. The fourth-order valence-electron chi connectivity index (χ4n) is 4.17. The molecule has 2 aromatic carbocycles. The molecule has 8 heteroatoms. The van der Waals surface area contributed by atoms with Crippen LogP contribution in [0.4, 0.5) is 11.4 Å². The third kappa shape index (κ3) is 5.60. The van der Waals surface area contributed by atoms with Crippen molar-refractivity contribution < 1.29 is 4.92 Å². The maximum Gasteiger partial charge on any atom is 0.278 e. The second-order valence-electron chi connectivity index (χ2n) is 8.31. The lowest BCUT2D eigenvalue weighted by molar-refractivity contribution is -0.384. The van der Waals surface area contributed by atoms with Gasteiger partial charge in [0.25, 0.3) is 5.69 Å². The molecule has 1 fully saturated rings.